The highest BCUT2D eigenvalue weighted by molar-refractivity contribution is 6.31. The molecule has 0 radical (unpaired) electrons. The van der Waals surface area contributed by atoms with Crippen molar-refractivity contribution >= 4 is 29.1 Å². The SMILES string of the molecule is CCNC(=O)c1ccc(Cl)cc1NC(=O)C[C@@H]1CCC[C@H]1N. The van der Waals surface area contributed by atoms with Crippen LogP contribution in [0, 0.1) is 5.92 Å². The maximum atomic E-state index is 12.2. The predicted octanol–water partition coefficient (Wildman–Crippen LogP) is 2.55. The standard InChI is InChI=1S/C16H22ClN3O2/c1-2-19-16(22)12-7-6-11(17)9-14(12)20-15(21)8-10-4-3-5-13(10)18/h6-7,9-10,13H,2-5,8,18H2,1H3,(H,19,22)(H,20,21)/t10-,13+/m0/s1. The number of nitrogens with one attached hydrogen (secondary N) is 2. The van der Waals surface area contributed by atoms with Crippen molar-refractivity contribution in [3.8, 4) is 0 Å². The molecule has 0 bridgehead atoms. The highest BCUT2D eigenvalue weighted by Gasteiger charge is 2.26. The number of carbonyl (C=O) groups excluding carboxylic acids is 2. The van der Waals surface area contributed by atoms with Crippen molar-refractivity contribution in [3.05, 3.63) is 28.8 Å². The van der Waals surface area contributed by atoms with Gasteiger partial charge in [0.15, 0.2) is 0 Å². The van der Waals surface area contributed by atoms with Gasteiger partial charge in [-0.3, -0.25) is 9.59 Å². The Labute approximate surface area is 135 Å². The highest BCUT2D eigenvalue weighted by atomic mass is 35.5. The zero-order chi connectivity index (χ0) is 16.1. The van der Waals surface area contributed by atoms with E-state index in [2.05, 4.69) is 10.6 Å². The van der Waals surface area contributed by atoms with Crippen LogP contribution in [-0.4, -0.2) is 24.4 Å². The summed E-state index contributed by atoms with van der Waals surface area (Å²) in [5, 5.41) is 5.99. The topological polar surface area (TPSA) is 84.2 Å². The van der Waals surface area contributed by atoms with Gasteiger partial charge in [-0.2, -0.15) is 0 Å². The molecule has 0 aromatic heterocycles. The van der Waals surface area contributed by atoms with Crippen LogP contribution in [0.25, 0.3) is 0 Å². The third-order valence-corrected chi connectivity index (χ3v) is 4.24. The summed E-state index contributed by atoms with van der Waals surface area (Å²) in [5.74, 6) is -0.144. The molecule has 1 fully saturated rings. The Bertz CT molecular complexity index is 562. The summed E-state index contributed by atoms with van der Waals surface area (Å²) in [6.07, 6.45) is 3.40. The fraction of sp³-hybridized carbons (Fsp3) is 0.500. The van der Waals surface area contributed by atoms with E-state index >= 15 is 0 Å². The molecule has 0 saturated heterocycles. The van der Waals surface area contributed by atoms with Crippen LogP contribution < -0.4 is 16.4 Å². The fourth-order valence-electron chi connectivity index (χ4n) is 2.83. The Morgan fingerprint density at radius 2 is 2.14 bits per heavy atom. The summed E-state index contributed by atoms with van der Waals surface area (Å²) in [6, 6.07) is 4.94. The minimum atomic E-state index is -0.230. The van der Waals surface area contributed by atoms with E-state index in [0.29, 0.717) is 29.2 Å². The summed E-state index contributed by atoms with van der Waals surface area (Å²) >= 11 is 5.97. The molecular formula is C16H22ClN3O2. The van der Waals surface area contributed by atoms with Gasteiger partial charge >= 0.3 is 0 Å². The van der Waals surface area contributed by atoms with E-state index in [1.54, 1.807) is 18.2 Å². The van der Waals surface area contributed by atoms with Crippen LogP contribution in [0.2, 0.25) is 5.02 Å². The number of anilines is 1. The van der Waals surface area contributed by atoms with E-state index < -0.39 is 0 Å². The van der Waals surface area contributed by atoms with E-state index in [4.69, 9.17) is 17.3 Å². The molecule has 2 atom stereocenters. The van der Waals surface area contributed by atoms with Gasteiger partial charge in [0.1, 0.15) is 0 Å². The zero-order valence-corrected chi connectivity index (χ0v) is 13.5. The molecule has 4 N–H and O–H groups in total. The molecule has 22 heavy (non-hydrogen) atoms. The molecule has 0 heterocycles. The Hall–Kier alpha value is -1.59. The van der Waals surface area contributed by atoms with Gasteiger partial charge in [-0.15, -0.1) is 0 Å². The minimum Gasteiger partial charge on any atom is -0.352 e. The average molecular weight is 324 g/mol. The number of halogens is 1. The molecule has 2 rings (SSSR count). The Morgan fingerprint density at radius 3 is 2.77 bits per heavy atom. The van der Waals surface area contributed by atoms with Crippen molar-refractivity contribution in [2.45, 2.75) is 38.6 Å². The summed E-state index contributed by atoms with van der Waals surface area (Å²) in [5.41, 5.74) is 6.85. The van der Waals surface area contributed by atoms with Crippen LogP contribution in [0.3, 0.4) is 0 Å². The molecule has 1 aromatic rings. The summed E-state index contributed by atoms with van der Waals surface area (Å²) in [6.45, 7) is 2.36. The maximum Gasteiger partial charge on any atom is 0.253 e. The molecule has 1 aromatic carbocycles. The summed E-state index contributed by atoms with van der Waals surface area (Å²) in [4.78, 5) is 24.2. The average Bonchev–Trinajstić information content (AvgIpc) is 2.84. The molecule has 6 heteroatoms. The summed E-state index contributed by atoms with van der Waals surface area (Å²) in [7, 11) is 0. The quantitative estimate of drug-likeness (QED) is 0.778. The van der Waals surface area contributed by atoms with Crippen LogP contribution in [-0.2, 0) is 4.79 Å². The van der Waals surface area contributed by atoms with Gasteiger partial charge in [0, 0.05) is 24.0 Å². The lowest BCUT2D eigenvalue weighted by Crippen LogP contribution is -2.29. The van der Waals surface area contributed by atoms with Crippen molar-refractivity contribution in [1.29, 1.82) is 0 Å². The van der Waals surface area contributed by atoms with Gasteiger partial charge in [0.25, 0.3) is 5.91 Å². The van der Waals surface area contributed by atoms with Crippen LogP contribution in [0.5, 0.6) is 0 Å². The molecule has 0 unspecified atom stereocenters. The van der Waals surface area contributed by atoms with Gasteiger partial charge in [-0.25, -0.2) is 0 Å². The molecule has 5 nitrogen and oxygen atoms in total. The first kappa shape index (κ1) is 16.8. The second-order valence-corrected chi connectivity index (χ2v) is 6.09. The van der Waals surface area contributed by atoms with Gasteiger partial charge < -0.3 is 16.4 Å². The second kappa shape index (κ2) is 7.61. The Balaban J connectivity index is 2.08. The predicted molar refractivity (Wildman–Crippen MR) is 88.0 cm³/mol. The van der Waals surface area contributed by atoms with Gasteiger partial charge in [-0.1, -0.05) is 18.0 Å². The smallest absolute Gasteiger partial charge is 0.253 e. The number of nitrogens with two attached hydrogens (primary N) is 1. The third kappa shape index (κ3) is 4.21. The van der Waals surface area contributed by atoms with Crippen LogP contribution in [0.15, 0.2) is 18.2 Å². The van der Waals surface area contributed by atoms with Crippen LogP contribution in [0.1, 0.15) is 43.0 Å². The van der Waals surface area contributed by atoms with Crippen molar-refractivity contribution in [2.24, 2.45) is 11.7 Å². The van der Waals surface area contributed by atoms with E-state index in [1.807, 2.05) is 6.92 Å². The molecule has 2 amide bonds. The first-order chi connectivity index (χ1) is 10.5. The third-order valence-electron chi connectivity index (χ3n) is 4.00. The zero-order valence-electron chi connectivity index (χ0n) is 12.7. The van der Waals surface area contributed by atoms with E-state index in [1.165, 1.54) is 0 Å². The minimum absolute atomic E-state index is 0.0907. The second-order valence-electron chi connectivity index (χ2n) is 5.66. The number of benzene rings is 1. The monoisotopic (exact) mass is 323 g/mol. The van der Waals surface area contributed by atoms with Gasteiger partial charge in [0.05, 0.1) is 11.3 Å². The Kier molecular flexibility index (Phi) is 5.80. The van der Waals surface area contributed by atoms with Gasteiger partial charge in [0.2, 0.25) is 5.91 Å². The molecule has 0 spiro atoms. The lowest BCUT2D eigenvalue weighted by Gasteiger charge is -2.16. The molecule has 0 aliphatic heterocycles. The van der Waals surface area contributed by atoms with E-state index in [0.717, 1.165) is 19.3 Å². The molecule has 1 saturated carbocycles. The lowest BCUT2D eigenvalue weighted by atomic mass is 9.99. The Morgan fingerprint density at radius 1 is 1.36 bits per heavy atom. The number of hydrogen-bond donors (Lipinski definition) is 3. The van der Waals surface area contributed by atoms with E-state index in [9.17, 15) is 9.59 Å². The van der Waals surface area contributed by atoms with E-state index in [-0.39, 0.29) is 23.8 Å². The van der Waals surface area contributed by atoms with Crippen molar-refractivity contribution in [2.75, 3.05) is 11.9 Å². The van der Waals surface area contributed by atoms with Crippen molar-refractivity contribution in [3.63, 3.8) is 0 Å². The van der Waals surface area contributed by atoms with Gasteiger partial charge in [-0.05, 0) is 43.9 Å². The molecule has 120 valence electrons. The first-order valence-corrected chi connectivity index (χ1v) is 8.02. The highest BCUT2D eigenvalue weighted by Crippen LogP contribution is 2.28. The summed E-state index contributed by atoms with van der Waals surface area (Å²) < 4.78 is 0. The first-order valence-electron chi connectivity index (χ1n) is 7.64. The molecule has 1 aliphatic rings. The van der Waals surface area contributed by atoms with Crippen LogP contribution >= 0.6 is 11.6 Å². The largest absolute Gasteiger partial charge is 0.352 e. The molecule has 1 aliphatic carbocycles. The van der Waals surface area contributed by atoms with Crippen molar-refractivity contribution < 1.29 is 9.59 Å². The number of hydrogen-bond acceptors (Lipinski definition) is 3. The number of amides is 2. The van der Waals surface area contributed by atoms with Crippen LogP contribution in [0.4, 0.5) is 5.69 Å². The number of carbonyl (C=O) groups is 2. The fourth-order valence-corrected chi connectivity index (χ4v) is 3.00. The number of rotatable bonds is 5. The molecular weight excluding hydrogens is 302 g/mol. The lowest BCUT2D eigenvalue weighted by molar-refractivity contribution is -0.117. The normalized spacial score (nSPS) is 20.7. The maximum absolute atomic E-state index is 12.2. The van der Waals surface area contributed by atoms with Crippen molar-refractivity contribution in [1.82, 2.24) is 5.32 Å².